The summed E-state index contributed by atoms with van der Waals surface area (Å²) in [7, 11) is 1.60. The fraction of sp³-hybridized carbons (Fsp3) is 0.500. The molecule has 0 saturated heterocycles. The lowest BCUT2D eigenvalue weighted by Crippen LogP contribution is -2.12. The molecule has 0 N–H and O–H groups in total. The van der Waals surface area contributed by atoms with Gasteiger partial charge in [0.1, 0.15) is 0 Å². The SMILES string of the molecule is COc1cc(C(C)(C)C)c(Cl)cn1. The minimum atomic E-state index is 0.0211. The Labute approximate surface area is 83.9 Å². The van der Waals surface area contributed by atoms with Gasteiger partial charge in [-0.05, 0) is 11.0 Å². The first-order valence-electron chi connectivity index (χ1n) is 4.15. The van der Waals surface area contributed by atoms with Crippen molar-refractivity contribution in [3.63, 3.8) is 0 Å². The molecule has 0 radical (unpaired) electrons. The zero-order valence-electron chi connectivity index (χ0n) is 8.39. The van der Waals surface area contributed by atoms with Crippen molar-refractivity contribution >= 4 is 11.6 Å². The summed E-state index contributed by atoms with van der Waals surface area (Å²) in [6.45, 7) is 6.31. The summed E-state index contributed by atoms with van der Waals surface area (Å²) in [5.41, 5.74) is 1.08. The summed E-state index contributed by atoms with van der Waals surface area (Å²) in [5.74, 6) is 0.606. The Morgan fingerprint density at radius 1 is 1.38 bits per heavy atom. The number of hydrogen-bond donors (Lipinski definition) is 0. The Bertz CT molecular complexity index is 304. The Kier molecular flexibility index (Phi) is 2.81. The molecular formula is C10H14ClNO. The minimum absolute atomic E-state index is 0.0211. The molecule has 0 amide bonds. The smallest absolute Gasteiger partial charge is 0.213 e. The van der Waals surface area contributed by atoms with Crippen LogP contribution in [0.3, 0.4) is 0 Å². The maximum absolute atomic E-state index is 6.02. The molecule has 13 heavy (non-hydrogen) atoms. The van der Waals surface area contributed by atoms with Crippen molar-refractivity contribution in [3.05, 3.63) is 22.8 Å². The molecule has 0 aromatic carbocycles. The van der Waals surface area contributed by atoms with Crippen molar-refractivity contribution in [1.29, 1.82) is 0 Å². The quantitative estimate of drug-likeness (QED) is 0.694. The van der Waals surface area contributed by atoms with E-state index in [9.17, 15) is 0 Å². The molecule has 0 aliphatic carbocycles. The van der Waals surface area contributed by atoms with Crippen LogP contribution < -0.4 is 4.74 Å². The van der Waals surface area contributed by atoms with Crippen molar-refractivity contribution in [2.24, 2.45) is 0 Å². The van der Waals surface area contributed by atoms with Crippen LogP contribution in [-0.2, 0) is 5.41 Å². The first-order chi connectivity index (χ1) is 5.95. The van der Waals surface area contributed by atoms with Crippen LogP contribution >= 0.6 is 11.6 Å². The fourth-order valence-corrected chi connectivity index (χ4v) is 1.49. The van der Waals surface area contributed by atoms with E-state index in [1.54, 1.807) is 13.3 Å². The van der Waals surface area contributed by atoms with E-state index in [1.807, 2.05) is 6.07 Å². The number of methoxy groups -OCH3 is 1. The molecule has 0 unspecified atom stereocenters. The van der Waals surface area contributed by atoms with E-state index in [1.165, 1.54) is 0 Å². The van der Waals surface area contributed by atoms with Gasteiger partial charge in [0.05, 0.1) is 12.1 Å². The van der Waals surface area contributed by atoms with Gasteiger partial charge in [-0.1, -0.05) is 32.4 Å². The summed E-state index contributed by atoms with van der Waals surface area (Å²) >= 11 is 6.02. The molecule has 0 bridgehead atoms. The van der Waals surface area contributed by atoms with Gasteiger partial charge in [-0.15, -0.1) is 0 Å². The lowest BCUT2D eigenvalue weighted by atomic mass is 9.88. The van der Waals surface area contributed by atoms with Crippen LogP contribution in [0.25, 0.3) is 0 Å². The number of rotatable bonds is 1. The second-order valence-electron chi connectivity index (χ2n) is 3.96. The van der Waals surface area contributed by atoms with Crippen LogP contribution in [0, 0.1) is 0 Å². The van der Waals surface area contributed by atoms with Gasteiger partial charge in [0, 0.05) is 12.3 Å². The maximum Gasteiger partial charge on any atom is 0.213 e. The van der Waals surface area contributed by atoms with Crippen LogP contribution in [0.15, 0.2) is 12.3 Å². The highest BCUT2D eigenvalue weighted by atomic mass is 35.5. The third-order valence-electron chi connectivity index (χ3n) is 1.85. The molecule has 0 spiro atoms. The summed E-state index contributed by atoms with van der Waals surface area (Å²) in [6, 6.07) is 1.88. The van der Waals surface area contributed by atoms with Gasteiger partial charge in [-0.3, -0.25) is 0 Å². The molecule has 0 aliphatic rings. The van der Waals surface area contributed by atoms with E-state index in [-0.39, 0.29) is 5.41 Å². The van der Waals surface area contributed by atoms with Gasteiger partial charge < -0.3 is 4.74 Å². The molecule has 72 valence electrons. The predicted octanol–water partition coefficient (Wildman–Crippen LogP) is 3.04. The normalized spacial score (nSPS) is 11.5. The third-order valence-corrected chi connectivity index (χ3v) is 2.15. The molecule has 0 aliphatic heterocycles. The maximum atomic E-state index is 6.02. The Morgan fingerprint density at radius 3 is 2.46 bits per heavy atom. The number of halogens is 1. The lowest BCUT2D eigenvalue weighted by molar-refractivity contribution is 0.395. The molecule has 1 heterocycles. The van der Waals surface area contributed by atoms with Gasteiger partial charge in [0.2, 0.25) is 5.88 Å². The molecule has 0 saturated carbocycles. The number of pyridine rings is 1. The molecule has 1 rings (SSSR count). The second-order valence-corrected chi connectivity index (χ2v) is 4.36. The second kappa shape index (κ2) is 3.54. The van der Waals surface area contributed by atoms with Crippen molar-refractivity contribution in [2.45, 2.75) is 26.2 Å². The van der Waals surface area contributed by atoms with E-state index in [2.05, 4.69) is 25.8 Å². The minimum Gasteiger partial charge on any atom is -0.481 e. The van der Waals surface area contributed by atoms with E-state index < -0.39 is 0 Å². The lowest BCUT2D eigenvalue weighted by Gasteiger charge is -2.20. The van der Waals surface area contributed by atoms with E-state index >= 15 is 0 Å². The molecule has 0 fully saturated rings. The van der Waals surface area contributed by atoms with Gasteiger partial charge in [-0.25, -0.2) is 4.98 Å². The van der Waals surface area contributed by atoms with E-state index in [4.69, 9.17) is 16.3 Å². The van der Waals surface area contributed by atoms with Crippen LogP contribution in [0.4, 0.5) is 0 Å². The largest absolute Gasteiger partial charge is 0.481 e. The Balaban J connectivity index is 3.19. The molecule has 1 aromatic heterocycles. The Morgan fingerprint density at radius 2 is 2.00 bits per heavy atom. The third kappa shape index (κ3) is 2.34. The van der Waals surface area contributed by atoms with Crippen molar-refractivity contribution in [2.75, 3.05) is 7.11 Å². The fourth-order valence-electron chi connectivity index (χ4n) is 1.11. The first kappa shape index (κ1) is 10.3. The van der Waals surface area contributed by atoms with Gasteiger partial charge >= 0.3 is 0 Å². The number of aromatic nitrogens is 1. The van der Waals surface area contributed by atoms with Crippen LogP contribution in [0.5, 0.6) is 5.88 Å². The van der Waals surface area contributed by atoms with Gasteiger partial charge in [0.25, 0.3) is 0 Å². The van der Waals surface area contributed by atoms with Crippen LogP contribution in [0.1, 0.15) is 26.3 Å². The molecule has 0 atom stereocenters. The zero-order chi connectivity index (χ0) is 10.1. The highest BCUT2D eigenvalue weighted by molar-refractivity contribution is 6.31. The monoisotopic (exact) mass is 199 g/mol. The zero-order valence-corrected chi connectivity index (χ0v) is 9.14. The van der Waals surface area contributed by atoms with Crippen LogP contribution in [0.2, 0.25) is 5.02 Å². The number of hydrogen-bond acceptors (Lipinski definition) is 2. The van der Waals surface area contributed by atoms with Gasteiger partial charge in [-0.2, -0.15) is 0 Å². The van der Waals surface area contributed by atoms with Crippen LogP contribution in [-0.4, -0.2) is 12.1 Å². The summed E-state index contributed by atoms with van der Waals surface area (Å²) in [5, 5.41) is 0.688. The summed E-state index contributed by atoms with van der Waals surface area (Å²) in [4.78, 5) is 4.02. The first-order valence-corrected chi connectivity index (χ1v) is 4.53. The van der Waals surface area contributed by atoms with Crippen molar-refractivity contribution in [1.82, 2.24) is 4.98 Å². The van der Waals surface area contributed by atoms with Gasteiger partial charge in [0.15, 0.2) is 0 Å². The molecule has 2 nitrogen and oxygen atoms in total. The highest BCUT2D eigenvalue weighted by Gasteiger charge is 2.18. The predicted molar refractivity (Wildman–Crippen MR) is 54.5 cm³/mol. The Hall–Kier alpha value is -0.760. The highest BCUT2D eigenvalue weighted by Crippen LogP contribution is 2.30. The van der Waals surface area contributed by atoms with E-state index in [0.29, 0.717) is 10.9 Å². The molecular weight excluding hydrogens is 186 g/mol. The standard InChI is InChI=1S/C10H14ClNO/c1-10(2,3)7-5-9(13-4)12-6-8(7)11/h5-6H,1-4H3. The summed E-state index contributed by atoms with van der Waals surface area (Å²) < 4.78 is 5.04. The average Bonchev–Trinajstić information content (AvgIpc) is 2.03. The van der Waals surface area contributed by atoms with Crippen molar-refractivity contribution < 1.29 is 4.74 Å². The van der Waals surface area contributed by atoms with E-state index in [0.717, 1.165) is 5.56 Å². The average molecular weight is 200 g/mol. The topological polar surface area (TPSA) is 22.1 Å². The summed E-state index contributed by atoms with van der Waals surface area (Å²) in [6.07, 6.45) is 1.63. The molecule has 1 aromatic rings. The van der Waals surface area contributed by atoms with Crippen molar-refractivity contribution in [3.8, 4) is 5.88 Å². The number of ether oxygens (including phenoxy) is 1. The molecule has 3 heteroatoms. The number of nitrogens with zero attached hydrogens (tertiary/aromatic N) is 1.